The Morgan fingerprint density at radius 1 is 1.26 bits per heavy atom. The fraction of sp³-hybridized carbons (Fsp3) is 0.412. The van der Waals surface area contributed by atoms with Crippen LogP contribution in [0, 0.1) is 0 Å². The molecule has 1 aromatic carbocycles. The summed E-state index contributed by atoms with van der Waals surface area (Å²) in [5, 5.41) is 2.32. The average Bonchev–Trinajstić information content (AvgIpc) is 3.02. The van der Waals surface area contributed by atoms with E-state index in [0.29, 0.717) is 24.8 Å². The van der Waals surface area contributed by atoms with Crippen molar-refractivity contribution in [3.05, 3.63) is 52.0 Å². The summed E-state index contributed by atoms with van der Waals surface area (Å²) < 4.78 is 10.2. The van der Waals surface area contributed by atoms with Gasteiger partial charge in [0.25, 0.3) is 0 Å². The molecule has 0 saturated carbocycles. The van der Waals surface area contributed by atoms with Crippen molar-refractivity contribution in [3.63, 3.8) is 0 Å². The van der Waals surface area contributed by atoms with E-state index in [0.717, 1.165) is 18.8 Å². The van der Waals surface area contributed by atoms with Gasteiger partial charge in [-0.15, -0.1) is 11.3 Å². The van der Waals surface area contributed by atoms with Crippen molar-refractivity contribution in [1.82, 2.24) is 9.88 Å². The van der Waals surface area contributed by atoms with E-state index in [9.17, 15) is 4.79 Å². The second kappa shape index (κ2) is 9.39. The van der Waals surface area contributed by atoms with Crippen LogP contribution in [0.4, 0.5) is 0 Å². The highest BCUT2D eigenvalue weighted by molar-refractivity contribution is 7.11. The van der Waals surface area contributed by atoms with Crippen LogP contribution in [0.5, 0.6) is 0 Å². The van der Waals surface area contributed by atoms with Crippen LogP contribution in [0.15, 0.2) is 35.7 Å². The first-order valence-electron chi connectivity index (χ1n) is 7.59. The minimum Gasteiger partial charge on any atom is -0.461 e. The van der Waals surface area contributed by atoms with Crippen molar-refractivity contribution in [1.29, 1.82) is 0 Å². The fourth-order valence-corrected chi connectivity index (χ4v) is 2.87. The predicted octanol–water partition coefficient (Wildman–Crippen LogP) is 2.97. The number of aromatic nitrogens is 1. The Kier molecular flexibility index (Phi) is 7.19. The Bertz CT molecular complexity index is 601. The summed E-state index contributed by atoms with van der Waals surface area (Å²) in [4.78, 5) is 18.3. The van der Waals surface area contributed by atoms with Crippen molar-refractivity contribution >= 4 is 17.3 Å². The molecule has 5 nitrogen and oxygen atoms in total. The highest BCUT2D eigenvalue weighted by Crippen LogP contribution is 2.14. The van der Waals surface area contributed by atoms with Gasteiger partial charge in [0.05, 0.1) is 18.9 Å². The maximum absolute atomic E-state index is 11.7. The summed E-state index contributed by atoms with van der Waals surface area (Å²) in [5.74, 6) is -0.352. The SMILES string of the molecule is CCOC(=O)c1nc(CN(CCOC)Cc2ccccc2)cs1. The molecule has 0 fully saturated rings. The monoisotopic (exact) mass is 334 g/mol. The largest absolute Gasteiger partial charge is 0.461 e. The van der Waals surface area contributed by atoms with Gasteiger partial charge in [-0.3, -0.25) is 4.90 Å². The second-order valence-corrected chi connectivity index (χ2v) is 5.91. The van der Waals surface area contributed by atoms with Crippen molar-refractivity contribution in [3.8, 4) is 0 Å². The summed E-state index contributed by atoms with van der Waals surface area (Å²) >= 11 is 1.33. The molecule has 0 radical (unpaired) electrons. The summed E-state index contributed by atoms with van der Waals surface area (Å²) in [7, 11) is 1.70. The Morgan fingerprint density at radius 3 is 2.74 bits per heavy atom. The quantitative estimate of drug-likeness (QED) is 0.660. The van der Waals surface area contributed by atoms with E-state index < -0.39 is 0 Å². The number of carbonyl (C=O) groups excluding carboxylic acids is 1. The van der Waals surface area contributed by atoms with Crippen LogP contribution >= 0.6 is 11.3 Å². The van der Waals surface area contributed by atoms with Crippen LogP contribution in [0.25, 0.3) is 0 Å². The molecule has 0 aliphatic carbocycles. The van der Waals surface area contributed by atoms with E-state index in [1.165, 1.54) is 16.9 Å². The summed E-state index contributed by atoms with van der Waals surface area (Å²) in [6.45, 7) is 5.10. The molecular weight excluding hydrogens is 312 g/mol. The molecule has 6 heteroatoms. The van der Waals surface area contributed by atoms with E-state index in [2.05, 4.69) is 22.0 Å². The van der Waals surface area contributed by atoms with Crippen LogP contribution in [-0.2, 0) is 22.6 Å². The molecule has 0 saturated heterocycles. The summed E-state index contributed by atoms with van der Waals surface area (Å²) in [6.07, 6.45) is 0. The van der Waals surface area contributed by atoms with Crippen LogP contribution in [0.1, 0.15) is 28.0 Å². The molecule has 2 aromatic rings. The molecule has 0 N–H and O–H groups in total. The average molecular weight is 334 g/mol. The molecule has 0 aliphatic rings. The first-order chi connectivity index (χ1) is 11.2. The van der Waals surface area contributed by atoms with Crippen LogP contribution < -0.4 is 0 Å². The number of hydrogen-bond acceptors (Lipinski definition) is 6. The molecule has 1 heterocycles. The third-order valence-corrected chi connectivity index (χ3v) is 4.12. The maximum Gasteiger partial charge on any atom is 0.367 e. The topological polar surface area (TPSA) is 51.7 Å². The lowest BCUT2D eigenvalue weighted by atomic mass is 10.2. The number of nitrogens with zero attached hydrogens (tertiary/aromatic N) is 2. The number of rotatable bonds is 9. The number of esters is 1. The molecule has 0 bridgehead atoms. The highest BCUT2D eigenvalue weighted by atomic mass is 32.1. The van der Waals surface area contributed by atoms with Crippen LogP contribution in [-0.4, -0.2) is 42.7 Å². The van der Waals surface area contributed by atoms with Crippen LogP contribution in [0.3, 0.4) is 0 Å². The lowest BCUT2D eigenvalue weighted by molar-refractivity contribution is 0.0525. The Morgan fingerprint density at radius 2 is 2.04 bits per heavy atom. The molecule has 0 amide bonds. The molecule has 2 rings (SSSR count). The zero-order valence-electron chi connectivity index (χ0n) is 13.5. The third kappa shape index (κ3) is 5.74. The van der Waals surface area contributed by atoms with Gasteiger partial charge in [0.1, 0.15) is 0 Å². The zero-order chi connectivity index (χ0) is 16.5. The molecule has 0 atom stereocenters. The smallest absolute Gasteiger partial charge is 0.367 e. The number of thiazole rings is 1. The summed E-state index contributed by atoms with van der Waals surface area (Å²) in [5.41, 5.74) is 2.12. The van der Waals surface area contributed by atoms with Gasteiger partial charge in [-0.2, -0.15) is 0 Å². The highest BCUT2D eigenvalue weighted by Gasteiger charge is 2.14. The molecule has 0 aliphatic heterocycles. The lowest BCUT2D eigenvalue weighted by Gasteiger charge is -2.21. The van der Waals surface area contributed by atoms with E-state index in [1.54, 1.807) is 14.0 Å². The first kappa shape index (κ1) is 17.6. The third-order valence-electron chi connectivity index (χ3n) is 3.25. The Labute approximate surface area is 140 Å². The number of benzene rings is 1. The maximum atomic E-state index is 11.7. The summed E-state index contributed by atoms with van der Waals surface area (Å²) in [6, 6.07) is 10.3. The van der Waals surface area contributed by atoms with E-state index in [4.69, 9.17) is 9.47 Å². The second-order valence-electron chi connectivity index (χ2n) is 5.05. The van der Waals surface area contributed by atoms with Crippen LogP contribution in [0.2, 0.25) is 0 Å². The number of hydrogen-bond donors (Lipinski definition) is 0. The predicted molar refractivity (Wildman–Crippen MR) is 90.5 cm³/mol. The van der Waals surface area contributed by atoms with Gasteiger partial charge in [0.15, 0.2) is 0 Å². The minimum absolute atomic E-state index is 0.352. The minimum atomic E-state index is -0.352. The van der Waals surface area contributed by atoms with E-state index >= 15 is 0 Å². The van der Waals surface area contributed by atoms with Gasteiger partial charge in [0, 0.05) is 32.1 Å². The standard InChI is InChI=1S/C17H22N2O3S/c1-3-22-17(20)16-18-15(13-23-16)12-19(9-10-21-2)11-14-7-5-4-6-8-14/h4-8,13H,3,9-12H2,1-2H3. The van der Waals surface area contributed by atoms with Gasteiger partial charge in [-0.1, -0.05) is 30.3 Å². The van der Waals surface area contributed by atoms with Gasteiger partial charge in [-0.05, 0) is 12.5 Å². The molecule has 1 aromatic heterocycles. The van der Waals surface area contributed by atoms with E-state index in [1.807, 2.05) is 23.6 Å². The Balaban J connectivity index is 2.01. The van der Waals surface area contributed by atoms with Gasteiger partial charge in [-0.25, -0.2) is 9.78 Å². The van der Waals surface area contributed by atoms with Gasteiger partial charge in [0.2, 0.25) is 5.01 Å². The van der Waals surface area contributed by atoms with Crippen molar-refractivity contribution in [2.45, 2.75) is 20.0 Å². The number of methoxy groups -OCH3 is 1. The number of ether oxygens (including phenoxy) is 2. The van der Waals surface area contributed by atoms with Gasteiger partial charge >= 0.3 is 5.97 Å². The molecule has 0 unspecified atom stereocenters. The molecular formula is C17H22N2O3S. The molecule has 0 spiro atoms. The normalized spacial score (nSPS) is 10.9. The molecule has 23 heavy (non-hydrogen) atoms. The fourth-order valence-electron chi connectivity index (χ4n) is 2.17. The van der Waals surface area contributed by atoms with Crippen molar-refractivity contribution in [2.75, 3.05) is 26.9 Å². The Hall–Kier alpha value is -1.76. The lowest BCUT2D eigenvalue weighted by Crippen LogP contribution is -2.26. The van der Waals surface area contributed by atoms with Crippen molar-refractivity contribution < 1.29 is 14.3 Å². The van der Waals surface area contributed by atoms with Gasteiger partial charge < -0.3 is 9.47 Å². The van der Waals surface area contributed by atoms with Crippen molar-refractivity contribution in [2.24, 2.45) is 0 Å². The molecule has 124 valence electrons. The van der Waals surface area contributed by atoms with E-state index in [-0.39, 0.29) is 5.97 Å². The first-order valence-corrected chi connectivity index (χ1v) is 8.47. The number of carbonyl (C=O) groups is 1. The zero-order valence-corrected chi connectivity index (χ0v) is 14.3.